The molecule has 4 aromatic rings. The summed E-state index contributed by atoms with van der Waals surface area (Å²) < 4.78 is 13.1. The van der Waals surface area contributed by atoms with E-state index in [4.69, 9.17) is 9.47 Å². The van der Waals surface area contributed by atoms with E-state index in [0.29, 0.717) is 27.9 Å². The highest BCUT2D eigenvalue weighted by atomic mass is 32.2. The standard InChI is InChI=1S/C22H19N5O4S/c1-13-3-6-18(14(2)9-13)32-21-20-25-27(22(29)26(20)8-7-23-21)11-19(28)24-15-4-5-16-17(10-15)31-12-30-16/h3-10H,11-12H2,1-2H3,(H,24,28). The van der Waals surface area contributed by atoms with E-state index >= 15 is 0 Å². The van der Waals surface area contributed by atoms with Gasteiger partial charge in [0.15, 0.2) is 17.1 Å². The minimum Gasteiger partial charge on any atom is -0.454 e. The fraction of sp³-hybridized carbons (Fsp3) is 0.182. The zero-order valence-corrected chi connectivity index (χ0v) is 18.2. The smallest absolute Gasteiger partial charge is 0.350 e. The third-order valence-electron chi connectivity index (χ3n) is 4.96. The molecule has 0 atom stereocenters. The van der Waals surface area contributed by atoms with Gasteiger partial charge in [-0.05, 0) is 37.6 Å². The van der Waals surface area contributed by atoms with Gasteiger partial charge in [-0.2, -0.15) is 0 Å². The molecule has 0 saturated carbocycles. The maximum absolute atomic E-state index is 12.8. The number of fused-ring (bicyclic) bond motifs is 2. The lowest BCUT2D eigenvalue weighted by atomic mass is 10.2. The summed E-state index contributed by atoms with van der Waals surface area (Å²) in [5.41, 5.74) is 2.82. The fourth-order valence-electron chi connectivity index (χ4n) is 3.43. The minimum absolute atomic E-state index is 0.153. The van der Waals surface area contributed by atoms with Crippen molar-refractivity contribution in [3.05, 3.63) is 70.4 Å². The average Bonchev–Trinajstić information content (AvgIpc) is 3.35. The van der Waals surface area contributed by atoms with Gasteiger partial charge in [-0.25, -0.2) is 18.9 Å². The highest BCUT2D eigenvalue weighted by Crippen LogP contribution is 2.34. The molecule has 2 aromatic carbocycles. The zero-order valence-electron chi connectivity index (χ0n) is 17.4. The first-order chi connectivity index (χ1) is 15.5. The molecule has 1 aliphatic heterocycles. The van der Waals surface area contributed by atoms with Crippen LogP contribution >= 0.6 is 11.8 Å². The van der Waals surface area contributed by atoms with E-state index in [9.17, 15) is 9.59 Å². The lowest BCUT2D eigenvalue weighted by Gasteiger charge is -2.06. The molecule has 5 rings (SSSR count). The Balaban J connectivity index is 1.39. The molecule has 162 valence electrons. The van der Waals surface area contributed by atoms with Crippen molar-refractivity contribution >= 4 is 29.0 Å². The number of hydrogen-bond donors (Lipinski definition) is 1. The van der Waals surface area contributed by atoms with Crippen LogP contribution in [0.25, 0.3) is 5.65 Å². The van der Waals surface area contributed by atoms with Crippen LogP contribution in [0.3, 0.4) is 0 Å². The van der Waals surface area contributed by atoms with Crippen molar-refractivity contribution in [1.29, 1.82) is 0 Å². The van der Waals surface area contributed by atoms with E-state index in [-0.39, 0.29) is 19.2 Å². The molecule has 0 bridgehead atoms. The summed E-state index contributed by atoms with van der Waals surface area (Å²) in [5.74, 6) is 0.804. The Morgan fingerprint density at radius 3 is 2.84 bits per heavy atom. The molecule has 3 heterocycles. The first-order valence-corrected chi connectivity index (χ1v) is 10.7. The van der Waals surface area contributed by atoms with Crippen molar-refractivity contribution < 1.29 is 14.3 Å². The Labute approximate surface area is 187 Å². The van der Waals surface area contributed by atoms with Crippen molar-refractivity contribution in [2.75, 3.05) is 12.1 Å². The second kappa shape index (κ2) is 8.04. The highest BCUT2D eigenvalue weighted by Gasteiger charge is 2.17. The number of amides is 1. The topological polar surface area (TPSA) is 99.8 Å². The number of benzene rings is 2. The fourth-order valence-corrected chi connectivity index (χ4v) is 4.34. The molecule has 1 aliphatic rings. The van der Waals surface area contributed by atoms with Crippen molar-refractivity contribution in [3.63, 3.8) is 0 Å². The first kappa shape index (κ1) is 20.1. The van der Waals surface area contributed by atoms with E-state index < -0.39 is 5.69 Å². The molecular weight excluding hydrogens is 430 g/mol. The number of aryl methyl sites for hydroxylation is 2. The molecule has 0 radical (unpaired) electrons. The van der Waals surface area contributed by atoms with Crippen LogP contribution in [-0.2, 0) is 11.3 Å². The van der Waals surface area contributed by atoms with Crippen LogP contribution in [0.15, 0.2) is 63.5 Å². The van der Waals surface area contributed by atoms with Crippen molar-refractivity contribution in [1.82, 2.24) is 19.2 Å². The van der Waals surface area contributed by atoms with Crippen LogP contribution in [0, 0.1) is 13.8 Å². The molecule has 0 saturated heterocycles. The van der Waals surface area contributed by atoms with Gasteiger partial charge in [0.2, 0.25) is 12.7 Å². The van der Waals surface area contributed by atoms with Gasteiger partial charge in [-0.15, -0.1) is 5.10 Å². The van der Waals surface area contributed by atoms with Crippen molar-refractivity contribution in [2.24, 2.45) is 0 Å². The third-order valence-corrected chi connectivity index (χ3v) is 6.12. The number of carbonyl (C=O) groups is 1. The summed E-state index contributed by atoms with van der Waals surface area (Å²) in [6, 6.07) is 11.2. The molecular formula is C22H19N5O4S. The molecule has 10 heteroatoms. The second-order valence-corrected chi connectivity index (χ2v) is 8.38. The SMILES string of the molecule is Cc1ccc(Sc2nccn3c(=O)n(CC(=O)Nc4ccc5c(c4)OCO5)nc23)c(C)c1. The number of ether oxygens (including phenoxy) is 2. The number of anilines is 1. The van der Waals surface area contributed by atoms with Crippen LogP contribution in [0.1, 0.15) is 11.1 Å². The van der Waals surface area contributed by atoms with Gasteiger partial charge < -0.3 is 14.8 Å². The molecule has 0 aliphatic carbocycles. The largest absolute Gasteiger partial charge is 0.454 e. The number of rotatable bonds is 5. The Morgan fingerprint density at radius 2 is 2.00 bits per heavy atom. The molecule has 9 nitrogen and oxygen atoms in total. The van der Waals surface area contributed by atoms with Crippen LogP contribution in [0.2, 0.25) is 0 Å². The summed E-state index contributed by atoms with van der Waals surface area (Å²) in [6.07, 6.45) is 3.10. The Morgan fingerprint density at radius 1 is 1.16 bits per heavy atom. The summed E-state index contributed by atoms with van der Waals surface area (Å²) in [5, 5.41) is 7.72. The predicted molar refractivity (Wildman–Crippen MR) is 118 cm³/mol. The monoisotopic (exact) mass is 449 g/mol. The van der Waals surface area contributed by atoms with E-state index in [0.717, 1.165) is 15.1 Å². The van der Waals surface area contributed by atoms with Crippen LogP contribution in [-0.4, -0.2) is 31.9 Å². The molecule has 32 heavy (non-hydrogen) atoms. The summed E-state index contributed by atoms with van der Waals surface area (Å²) in [4.78, 5) is 30.8. The van der Waals surface area contributed by atoms with Crippen molar-refractivity contribution in [2.45, 2.75) is 30.3 Å². The molecule has 0 fully saturated rings. The number of aromatic nitrogens is 4. The number of nitrogens with one attached hydrogen (secondary N) is 1. The lowest BCUT2D eigenvalue weighted by Crippen LogP contribution is -2.28. The molecule has 2 aromatic heterocycles. The van der Waals surface area contributed by atoms with Crippen LogP contribution < -0.4 is 20.5 Å². The maximum Gasteiger partial charge on any atom is 0.350 e. The summed E-state index contributed by atoms with van der Waals surface area (Å²) in [6.45, 7) is 3.99. The van der Waals surface area contributed by atoms with Gasteiger partial charge in [-0.3, -0.25) is 4.79 Å². The van der Waals surface area contributed by atoms with Crippen molar-refractivity contribution in [3.8, 4) is 11.5 Å². The average molecular weight is 449 g/mol. The number of hydrogen-bond acceptors (Lipinski definition) is 7. The van der Waals surface area contributed by atoms with Gasteiger partial charge in [0, 0.05) is 29.0 Å². The Hall–Kier alpha value is -3.79. The quantitative estimate of drug-likeness (QED) is 0.500. The normalized spacial score (nSPS) is 12.3. The van der Waals surface area contributed by atoms with Crippen LogP contribution in [0.5, 0.6) is 11.5 Å². The summed E-state index contributed by atoms with van der Waals surface area (Å²) in [7, 11) is 0. The minimum atomic E-state index is -0.411. The first-order valence-electron chi connectivity index (χ1n) is 9.87. The van der Waals surface area contributed by atoms with Gasteiger partial charge in [0.25, 0.3) is 0 Å². The highest BCUT2D eigenvalue weighted by molar-refractivity contribution is 7.99. The molecule has 1 amide bonds. The second-order valence-electron chi connectivity index (χ2n) is 7.35. The maximum atomic E-state index is 12.8. The third kappa shape index (κ3) is 3.80. The zero-order chi connectivity index (χ0) is 22.2. The Kier molecular flexibility index (Phi) is 5.06. The predicted octanol–water partition coefficient (Wildman–Crippen LogP) is 3.03. The van der Waals surface area contributed by atoms with Gasteiger partial charge in [-0.1, -0.05) is 29.5 Å². The lowest BCUT2D eigenvalue weighted by molar-refractivity contribution is -0.117. The van der Waals surface area contributed by atoms with Gasteiger partial charge >= 0.3 is 5.69 Å². The van der Waals surface area contributed by atoms with Crippen LogP contribution in [0.4, 0.5) is 5.69 Å². The molecule has 0 spiro atoms. The Bertz CT molecular complexity index is 1410. The molecule has 0 unspecified atom stereocenters. The van der Waals surface area contributed by atoms with E-state index in [2.05, 4.69) is 21.5 Å². The van der Waals surface area contributed by atoms with E-state index in [1.54, 1.807) is 30.6 Å². The van der Waals surface area contributed by atoms with E-state index in [1.807, 2.05) is 26.0 Å². The summed E-state index contributed by atoms with van der Waals surface area (Å²) >= 11 is 1.43. The number of carbonyl (C=O) groups excluding carboxylic acids is 1. The molecule has 1 N–H and O–H groups in total. The van der Waals surface area contributed by atoms with Gasteiger partial charge in [0.1, 0.15) is 11.6 Å². The van der Waals surface area contributed by atoms with Gasteiger partial charge in [0.05, 0.1) is 0 Å². The number of nitrogens with zero attached hydrogens (tertiary/aromatic N) is 4. The van der Waals surface area contributed by atoms with E-state index in [1.165, 1.54) is 21.7 Å².